The van der Waals surface area contributed by atoms with E-state index < -0.39 is 73.9 Å². The van der Waals surface area contributed by atoms with Gasteiger partial charge >= 0.3 is 0 Å². The smallest absolute Gasteiger partial charge is 0.229 e. The Bertz CT molecular complexity index is 1970. The largest absolute Gasteiger partial charge is 0.497 e. The van der Waals surface area contributed by atoms with Crippen molar-refractivity contribution in [2.45, 2.75) is 80.5 Å². The highest BCUT2D eigenvalue weighted by Gasteiger charge is 2.56. The molecule has 0 N–H and O–H groups in total. The molecule has 0 amide bonds. The molecule has 12 atom stereocenters. The van der Waals surface area contributed by atoms with Gasteiger partial charge in [0.1, 0.15) is 42.0 Å². The second-order valence-corrected chi connectivity index (χ2v) is 13.5. The molecule has 16 heteroatoms. The maximum absolute atomic E-state index is 9.84. The van der Waals surface area contributed by atoms with Gasteiger partial charge in [0, 0.05) is 21.0 Å². The molecular weight excluding hydrogens is 724 g/mol. The summed E-state index contributed by atoms with van der Waals surface area (Å²) < 4.78 is 63.9. The van der Waals surface area contributed by atoms with E-state index in [2.05, 4.69) is 20.1 Å². The van der Waals surface area contributed by atoms with Crippen molar-refractivity contribution in [1.82, 2.24) is 0 Å². The van der Waals surface area contributed by atoms with Gasteiger partial charge in [0.05, 0.1) is 45.1 Å². The predicted molar refractivity (Wildman–Crippen MR) is 197 cm³/mol. The SMILES string of the molecule is COc1ccc(O[C@@H]2O[C@@H]3CO[C@H](c4ccccc4)O[C@@H]3[C@H](OC3O[C@@H]4CO[C@@H](c5ccccc5)O[C@H]4[C@H](N=[N+]=[N-])[C@@H]3N=[N+]=[N-])[C@H]2OCc2ccccc2)cc1. The number of azide groups is 2. The molecular formula is C40H40N6O10. The molecule has 0 aromatic heterocycles. The van der Waals surface area contributed by atoms with E-state index in [9.17, 15) is 11.1 Å². The molecule has 8 rings (SSSR count). The van der Waals surface area contributed by atoms with Gasteiger partial charge in [-0.2, -0.15) is 0 Å². The molecule has 1 unspecified atom stereocenters. The normalized spacial score (nSPS) is 32.4. The van der Waals surface area contributed by atoms with Gasteiger partial charge in [-0.1, -0.05) is 101 Å². The highest BCUT2D eigenvalue weighted by atomic mass is 16.8. The minimum atomic E-state index is -1.28. The summed E-state index contributed by atoms with van der Waals surface area (Å²) in [4.78, 5) is 6.23. The van der Waals surface area contributed by atoms with Gasteiger partial charge in [-0.05, 0) is 40.9 Å². The zero-order valence-electron chi connectivity index (χ0n) is 30.3. The molecule has 290 valence electrons. The number of ether oxygens (including phenoxy) is 10. The molecule has 4 aromatic carbocycles. The molecule has 0 saturated carbocycles. The van der Waals surface area contributed by atoms with E-state index in [1.165, 1.54) is 0 Å². The number of nitrogens with zero attached hydrogens (tertiary/aromatic N) is 6. The molecule has 0 aliphatic carbocycles. The third-order valence-corrected chi connectivity index (χ3v) is 10.0. The van der Waals surface area contributed by atoms with Crippen LogP contribution in [0.3, 0.4) is 0 Å². The zero-order valence-corrected chi connectivity index (χ0v) is 30.3. The van der Waals surface area contributed by atoms with Crippen molar-refractivity contribution in [2.75, 3.05) is 20.3 Å². The minimum Gasteiger partial charge on any atom is -0.497 e. The first-order valence-corrected chi connectivity index (χ1v) is 18.3. The monoisotopic (exact) mass is 764 g/mol. The van der Waals surface area contributed by atoms with Gasteiger partial charge in [0.15, 0.2) is 18.9 Å². The lowest BCUT2D eigenvalue weighted by molar-refractivity contribution is -0.387. The Kier molecular flexibility index (Phi) is 11.9. The summed E-state index contributed by atoms with van der Waals surface area (Å²) in [7, 11) is 1.58. The van der Waals surface area contributed by atoms with E-state index in [4.69, 9.17) is 47.4 Å². The average molecular weight is 765 g/mol. The second-order valence-electron chi connectivity index (χ2n) is 13.5. The van der Waals surface area contributed by atoms with E-state index in [0.717, 1.165) is 16.7 Å². The summed E-state index contributed by atoms with van der Waals surface area (Å²) >= 11 is 0. The molecule has 4 fully saturated rings. The first-order valence-electron chi connectivity index (χ1n) is 18.3. The van der Waals surface area contributed by atoms with Crippen molar-refractivity contribution in [3.63, 3.8) is 0 Å². The maximum Gasteiger partial charge on any atom is 0.229 e. The van der Waals surface area contributed by atoms with Crippen molar-refractivity contribution >= 4 is 0 Å². The number of fused-ring (bicyclic) bond motifs is 2. The molecule has 4 saturated heterocycles. The molecule has 0 bridgehead atoms. The van der Waals surface area contributed by atoms with Crippen molar-refractivity contribution in [1.29, 1.82) is 0 Å². The number of rotatable bonds is 12. The summed E-state index contributed by atoms with van der Waals surface area (Å²) in [6, 6.07) is 33.4. The Morgan fingerprint density at radius 3 is 1.75 bits per heavy atom. The van der Waals surface area contributed by atoms with Gasteiger partial charge in [-0.15, -0.1) is 0 Å². The van der Waals surface area contributed by atoms with Crippen LogP contribution in [0.4, 0.5) is 0 Å². The van der Waals surface area contributed by atoms with Crippen LogP contribution >= 0.6 is 0 Å². The van der Waals surface area contributed by atoms with Crippen LogP contribution in [0.15, 0.2) is 125 Å². The van der Waals surface area contributed by atoms with E-state index in [-0.39, 0.29) is 19.8 Å². The van der Waals surface area contributed by atoms with Gasteiger partial charge < -0.3 is 47.4 Å². The van der Waals surface area contributed by atoms with Crippen LogP contribution in [0.2, 0.25) is 0 Å². The van der Waals surface area contributed by atoms with Crippen LogP contribution in [-0.4, -0.2) is 81.6 Å². The van der Waals surface area contributed by atoms with Crippen LogP contribution in [0.5, 0.6) is 11.5 Å². The first kappa shape index (κ1) is 37.7. The highest BCUT2D eigenvalue weighted by molar-refractivity contribution is 5.31. The summed E-state index contributed by atoms with van der Waals surface area (Å²) in [6.07, 6.45) is -8.91. The van der Waals surface area contributed by atoms with Gasteiger partial charge in [-0.3, -0.25) is 0 Å². The van der Waals surface area contributed by atoms with Crippen molar-refractivity contribution in [3.05, 3.63) is 153 Å². The van der Waals surface area contributed by atoms with E-state index in [1.54, 1.807) is 31.4 Å². The Hall–Kier alpha value is -5.22. The van der Waals surface area contributed by atoms with Crippen molar-refractivity contribution in [2.24, 2.45) is 10.2 Å². The molecule has 56 heavy (non-hydrogen) atoms. The molecule has 16 nitrogen and oxygen atoms in total. The van der Waals surface area contributed by atoms with Crippen LogP contribution in [0.25, 0.3) is 20.9 Å². The standard InChI is InChI=1S/C40H40N6O10/c1-47-27-17-19-28(20-18-27)51-40-36(48-21-24-11-5-2-6-12-24)35(34-30(53-40)23-50-38(55-34)26-15-9-4-10-16-26)56-39-32(44-46-42)31(43-45-41)33-29(52-39)22-49-37(54-33)25-13-7-3-8-14-25/h2-20,29-40H,21-23H2,1H3/t29-,30-,31-,32+,33-,34+,35+,36-,37-,38+,39?,40-/m1/s1. The Balaban J connectivity index is 1.14. The number of benzene rings is 4. The Morgan fingerprint density at radius 1 is 0.607 bits per heavy atom. The lowest BCUT2D eigenvalue weighted by Gasteiger charge is -2.52. The maximum atomic E-state index is 9.84. The number of hydrogen-bond acceptors (Lipinski definition) is 12. The van der Waals surface area contributed by atoms with Crippen molar-refractivity contribution < 1.29 is 47.4 Å². The summed E-state index contributed by atoms with van der Waals surface area (Å²) in [5.74, 6) is 1.14. The molecule has 0 spiro atoms. The van der Waals surface area contributed by atoms with Crippen LogP contribution in [0.1, 0.15) is 29.3 Å². The molecule has 4 aliphatic heterocycles. The fraction of sp³-hybridized carbons (Fsp3) is 0.400. The van der Waals surface area contributed by atoms with Gasteiger partial charge in [0.2, 0.25) is 6.29 Å². The van der Waals surface area contributed by atoms with Crippen LogP contribution < -0.4 is 9.47 Å². The number of hydrogen-bond donors (Lipinski definition) is 0. The topological polar surface area (TPSA) is 190 Å². The Labute approximate surface area is 322 Å². The lowest BCUT2D eigenvalue weighted by atomic mass is 9.93. The van der Waals surface area contributed by atoms with E-state index in [0.29, 0.717) is 11.5 Å². The van der Waals surface area contributed by atoms with Gasteiger partial charge in [-0.25, -0.2) is 0 Å². The van der Waals surface area contributed by atoms with Crippen LogP contribution in [0, 0.1) is 0 Å². The number of methoxy groups -OCH3 is 1. The summed E-state index contributed by atoms with van der Waals surface area (Å²) in [5, 5.41) is 8.16. The van der Waals surface area contributed by atoms with E-state index in [1.807, 2.05) is 91.0 Å². The average Bonchev–Trinajstić information content (AvgIpc) is 3.25. The molecule has 4 heterocycles. The lowest BCUT2D eigenvalue weighted by Crippen LogP contribution is -2.67. The molecule has 4 aliphatic rings. The third-order valence-electron chi connectivity index (χ3n) is 10.0. The summed E-state index contributed by atoms with van der Waals surface area (Å²) in [5.41, 5.74) is 22.1. The fourth-order valence-electron chi connectivity index (χ4n) is 7.31. The Morgan fingerprint density at radius 2 is 1.14 bits per heavy atom. The van der Waals surface area contributed by atoms with Crippen LogP contribution in [-0.2, 0) is 44.5 Å². The molecule has 0 radical (unpaired) electrons. The second kappa shape index (κ2) is 17.7. The first-order chi connectivity index (χ1) is 27.6. The van der Waals surface area contributed by atoms with Crippen molar-refractivity contribution in [3.8, 4) is 11.5 Å². The predicted octanol–water partition coefficient (Wildman–Crippen LogP) is 7.08. The molecule has 4 aromatic rings. The zero-order chi connectivity index (χ0) is 38.3. The quantitative estimate of drug-likeness (QED) is 0.0819. The van der Waals surface area contributed by atoms with E-state index >= 15 is 0 Å². The third kappa shape index (κ3) is 8.31. The minimum absolute atomic E-state index is 0.0713. The highest BCUT2D eigenvalue weighted by Crippen LogP contribution is 2.41. The fourth-order valence-corrected chi connectivity index (χ4v) is 7.31. The summed E-state index contributed by atoms with van der Waals surface area (Å²) in [6.45, 7) is 0.354. The van der Waals surface area contributed by atoms with Gasteiger partial charge in [0.25, 0.3) is 0 Å².